The molecule has 4 rings (SSSR count). The maximum Gasteiger partial charge on any atom is 0.224 e. The number of hydrogen-bond donors (Lipinski definition) is 2. The van der Waals surface area contributed by atoms with Gasteiger partial charge in [0.1, 0.15) is 5.82 Å². The molecular formula is C20H19FN2O. The topological polar surface area (TPSA) is 44.9 Å². The van der Waals surface area contributed by atoms with E-state index < -0.39 is 0 Å². The van der Waals surface area contributed by atoms with E-state index in [0.717, 1.165) is 34.9 Å². The van der Waals surface area contributed by atoms with Crippen LogP contribution in [-0.4, -0.2) is 17.4 Å². The molecule has 24 heavy (non-hydrogen) atoms. The number of carbonyl (C=O) groups excluding carboxylic acids is 1. The SMILES string of the molecule is O=C(Cc1c[nH]c2ccccc12)NCC1(c2ccccc2F)CC1. The van der Waals surface area contributed by atoms with Crippen LogP contribution < -0.4 is 5.32 Å². The van der Waals surface area contributed by atoms with E-state index in [1.54, 1.807) is 6.07 Å². The van der Waals surface area contributed by atoms with Crippen LogP contribution in [0.3, 0.4) is 0 Å². The van der Waals surface area contributed by atoms with E-state index >= 15 is 0 Å². The fourth-order valence-corrected chi connectivity index (χ4v) is 3.36. The quantitative estimate of drug-likeness (QED) is 0.739. The number of amides is 1. The lowest BCUT2D eigenvalue weighted by Crippen LogP contribution is -2.33. The molecule has 1 aliphatic carbocycles. The molecule has 2 N–H and O–H groups in total. The van der Waals surface area contributed by atoms with Gasteiger partial charge in [0, 0.05) is 29.1 Å². The second-order valence-electron chi connectivity index (χ2n) is 6.57. The summed E-state index contributed by atoms with van der Waals surface area (Å²) < 4.78 is 14.0. The van der Waals surface area contributed by atoms with Gasteiger partial charge in [-0.1, -0.05) is 36.4 Å². The molecule has 3 aromatic rings. The predicted molar refractivity (Wildman–Crippen MR) is 92.3 cm³/mol. The maximum atomic E-state index is 14.0. The maximum absolute atomic E-state index is 14.0. The summed E-state index contributed by atoms with van der Waals surface area (Å²) in [6.07, 6.45) is 4.05. The number of hydrogen-bond acceptors (Lipinski definition) is 1. The Bertz CT molecular complexity index is 895. The molecule has 3 nitrogen and oxygen atoms in total. The lowest BCUT2D eigenvalue weighted by Gasteiger charge is -2.17. The molecule has 1 amide bonds. The van der Waals surface area contributed by atoms with Crippen LogP contribution in [0.2, 0.25) is 0 Å². The van der Waals surface area contributed by atoms with Gasteiger partial charge in [0.2, 0.25) is 5.91 Å². The van der Waals surface area contributed by atoms with Gasteiger partial charge in [-0.3, -0.25) is 4.79 Å². The highest BCUT2D eigenvalue weighted by Crippen LogP contribution is 2.48. The number of halogens is 1. The Morgan fingerprint density at radius 1 is 1.12 bits per heavy atom. The van der Waals surface area contributed by atoms with Crippen LogP contribution in [0, 0.1) is 5.82 Å². The van der Waals surface area contributed by atoms with Gasteiger partial charge in [0.15, 0.2) is 0 Å². The van der Waals surface area contributed by atoms with Crippen LogP contribution in [0.25, 0.3) is 10.9 Å². The molecule has 2 aromatic carbocycles. The fourth-order valence-electron chi connectivity index (χ4n) is 3.36. The first kappa shape index (κ1) is 14.9. The van der Waals surface area contributed by atoms with Crippen molar-refractivity contribution in [3.05, 3.63) is 71.7 Å². The minimum absolute atomic E-state index is 0.0256. The lowest BCUT2D eigenvalue weighted by atomic mass is 9.95. The van der Waals surface area contributed by atoms with Crippen molar-refractivity contribution in [3.63, 3.8) is 0 Å². The van der Waals surface area contributed by atoms with Crippen LogP contribution in [-0.2, 0) is 16.6 Å². The molecule has 4 heteroatoms. The van der Waals surface area contributed by atoms with E-state index in [0.29, 0.717) is 13.0 Å². The standard InChI is InChI=1S/C20H19FN2O/c21-17-7-3-2-6-16(17)20(9-10-20)13-23-19(24)11-14-12-22-18-8-4-1-5-15(14)18/h1-8,12,22H,9-11,13H2,(H,23,24). The lowest BCUT2D eigenvalue weighted by molar-refractivity contribution is -0.120. The summed E-state index contributed by atoms with van der Waals surface area (Å²) in [5.74, 6) is -0.205. The van der Waals surface area contributed by atoms with Crippen molar-refractivity contribution in [2.75, 3.05) is 6.54 Å². The minimum atomic E-state index is -0.221. The molecule has 1 aromatic heterocycles. The zero-order chi connectivity index (χ0) is 16.6. The molecule has 0 bridgehead atoms. The number of aromatic amines is 1. The van der Waals surface area contributed by atoms with Crippen LogP contribution in [0.1, 0.15) is 24.0 Å². The van der Waals surface area contributed by atoms with Crippen molar-refractivity contribution in [1.82, 2.24) is 10.3 Å². The van der Waals surface area contributed by atoms with Crippen LogP contribution in [0.4, 0.5) is 4.39 Å². The monoisotopic (exact) mass is 322 g/mol. The summed E-state index contributed by atoms with van der Waals surface area (Å²) in [7, 11) is 0. The summed E-state index contributed by atoms with van der Waals surface area (Å²) in [5, 5.41) is 4.07. The molecule has 0 atom stereocenters. The number of rotatable bonds is 5. The van der Waals surface area contributed by atoms with Gasteiger partial charge in [0.25, 0.3) is 0 Å². The highest BCUT2D eigenvalue weighted by molar-refractivity contribution is 5.88. The summed E-state index contributed by atoms with van der Waals surface area (Å²) in [5.41, 5.74) is 2.52. The summed E-state index contributed by atoms with van der Waals surface area (Å²) in [4.78, 5) is 15.5. The summed E-state index contributed by atoms with van der Waals surface area (Å²) in [6.45, 7) is 0.495. The third-order valence-electron chi connectivity index (χ3n) is 4.95. The number of aromatic nitrogens is 1. The van der Waals surface area contributed by atoms with E-state index in [1.807, 2.05) is 42.6 Å². The van der Waals surface area contributed by atoms with Crippen LogP contribution in [0.5, 0.6) is 0 Å². The third-order valence-corrected chi connectivity index (χ3v) is 4.95. The van der Waals surface area contributed by atoms with Crippen LogP contribution >= 0.6 is 0 Å². The number of fused-ring (bicyclic) bond motifs is 1. The summed E-state index contributed by atoms with van der Waals surface area (Å²) in [6, 6.07) is 14.8. The van der Waals surface area contributed by atoms with Crippen molar-refractivity contribution in [2.24, 2.45) is 0 Å². The Kier molecular flexibility index (Phi) is 3.60. The third kappa shape index (κ3) is 2.68. The first-order chi connectivity index (χ1) is 11.7. The van der Waals surface area contributed by atoms with Crippen molar-refractivity contribution in [3.8, 4) is 0 Å². The van der Waals surface area contributed by atoms with Gasteiger partial charge in [-0.2, -0.15) is 0 Å². The Morgan fingerprint density at radius 2 is 1.88 bits per heavy atom. The average molecular weight is 322 g/mol. The van der Waals surface area contributed by atoms with Gasteiger partial charge in [0.05, 0.1) is 6.42 Å². The molecule has 0 unspecified atom stereocenters. The Labute approximate surface area is 139 Å². The van der Waals surface area contributed by atoms with Gasteiger partial charge >= 0.3 is 0 Å². The van der Waals surface area contributed by atoms with Gasteiger partial charge in [-0.25, -0.2) is 4.39 Å². The Balaban J connectivity index is 1.43. The van der Waals surface area contributed by atoms with E-state index in [2.05, 4.69) is 10.3 Å². The van der Waals surface area contributed by atoms with E-state index in [-0.39, 0.29) is 17.1 Å². The van der Waals surface area contributed by atoms with Crippen molar-refractivity contribution in [1.29, 1.82) is 0 Å². The molecule has 1 aliphatic rings. The zero-order valence-corrected chi connectivity index (χ0v) is 13.3. The molecule has 0 radical (unpaired) electrons. The molecular weight excluding hydrogens is 303 g/mol. The molecule has 0 aliphatic heterocycles. The van der Waals surface area contributed by atoms with E-state index in [9.17, 15) is 9.18 Å². The second kappa shape index (κ2) is 5.78. The molecule has 122 valence electrons. The first-order valence-electron chi connectivity index (χ1n) is 8.25. The van der Waals surface area contributed by atoms with Gasteiger partial charge < -0.3 is 10.3 Å². The molecule has 1 saturated carbocycles. The number of carbonyl (C=O) groups is 1. The molecule has 1 fully saturated rings. The van der Waals surface area contributed by atoms with Crippen molar-refractivity contribution in [2.45, 2.75) is 24.7 Å². The van der Waals surface area contributed by atoms with Crippen LogP contribution in [0.15, 0.2) is 54.7 Å². The normalized spacial score (nSPS) is 15.4. The highest BCUT2D eigenvalue weighted by Gasteiger charge is 2.45. The molecule has 0 spiro atoms. The number of benzene rings is 2. The largest absolute Gasteiger partial charge is 0.361 e. The Morgan fingerprint density at radius 3 is 2.67 bits per heavy atom. The number of para-hydroxylation sites is 1. The second-order valence-corrected chi connectivity index (χ2v) is 6.57. The number of H-pyrrole nitrogens is 1. The first-order valence-corrected chi connectivity index (χ1v) is 8.25. The van der Waals surface area contributed by atoms with Crippen molar-refractivity contribution < 1.29 is 9.18 Å². The highest BCUT2D eigenvalue weighted by atomic mass is 19.1. The number of nitrogens with one attached hydrogen (secondary N) is 2. The van der Waals surface area contributed by atoms with Gasteiger partial charge in [-0.15, -0.1) is 0 Å². The van der Waals surface area contributed by atoms with E-state index in [1.165, 1.54) is 6.07 Å². The van der Waals surface area contributed by atoms with E-state index in [4.69, 9.17) is 0 Å². The fraction of sp³-hybridized carbons (Fsp3) is 0.250. The molecule has 1 heterocycles. The van der Waals surface area contributed by atoms with Gasteiger partial charge in [-0.05, 0) is 36.1 Å². The van der Waals surface area contributed by atoms with Crippen molar-refractivity contribution >= 4 is 16.8 Å². The smallest absolute Gasteiger partial charge is 0.224 e. The predicted octanol–water partition coefficient (Wildman–Crippen LogP) is 3.70. The molecule has 0 saturated heterocycles. The Hall–Kier alpha value is -2.62. The minimum Gasteiger partial charge on any atom is -0.361 e. The summed E-state index contributed by atoms with van der Waals surface area (Å²) >= 11 is 0. The zero-order valence-electron chi connectivity index (χ0n) is 13.3. The average Bonchev–Trinajstić information content (AvgIpc) is 3.29.